The van der Waals surface area contributed by atoms with Gasteiger partial charge in [-0.05, 0) is 40.7 Å². The van der Waals surface area contributed by atoms with Crippen LogP contribution < -0.4 is 0 Å². The minimum Gasteiger partial charge on any atom is -0.465 e. The van der Waals surface area contributed by atoms with E-state index in [0.717, 1.165) is 21.5 Å². The summed E-state index contributed by atoms with van der Waals surface area (Å²) in [6.45, 7) is 4.37. The van der Waals surface area contributed by atoms with Crippen molar-refractivity contribution >= 4 is 45.0 Å². The van der Waals surface area contributed by atoms with E-state index < -0.39 is 0 Å². The third-order valence-corrected chi connectivity index (χ3v) is 5.55. The zero-order chi connectivity index (χ0) is 12.0. The molecule has 0 saturated heterocycles. The predicted octanol–water partition coefficient (Wildman–Crippen LogP) is 4.33. The molecule has 0 aromatic carbocycles. The molecule has 0 radical (unpaired) electrons. The van der Waals surface area contributed by atoms with Crippen LogP contribution in [0.25, 0.3) is 0 Å². The van der Waals surface area contributed by atoms with Gasteiger partial charge in [0.2, 0.25) is 0 Å². The Morgan fingerprint density at radius 3 is 2.88 bits per heavy atom. The molecule has 1 atom stereocenters. The van der Waals surface area contributed by atoms with E-state index in [4.69, 9.17) is 4.74 Å². The van der Waals surface area contributed by atoms with Gasteiger partial charge in [0.1, 0.15) is 5.25 Å². The van der Waals surface area contributed by atoms with Gasteiger partial charge >= 0.3 is 5.97 Å². The molecule has 2 nitrogen and oxygen atoms in total. The van der Waals surface area contributed by atoms with Gasteiger partial charge in [0, 0.05) is 4.47 Å². The molecule has 1 aromatic heterocycles. The van der Waals surface area contributed by atoms with Crippen molar-refractivity contribution in [1.82, 2.24) is 0 Å². The van der Waals surface area contributed by atoms with Crippen LogP contribution in [-0.4, -0.2) is 17.8 Å². The quantitative estimate of drug-likeness (QED) is 0.575. The fourth-order valence-corrected chi connectivity index (χ4v) is 4.29. The standard InChI is InChI=1S/C11H15BrO2S2/c1-3-5-9(10(13)14-4-2)16-11-8(12)6-7-15-11/h6-7,9H,3-5H2,1-2H3. The fraction of sp³-hybridized carbons (Fsp3) is 0.545. The first-order valence-electron chi connectivity index (χ1n) is 5.25. The Bertz CT molecular complexity index is 338. The van der Waals surface area contributed by atoms with Gasteiger partial charge in [-0.3, -0.25) is 4.79 Å². The van der Waals surface area contributed by atoms with Crippen LogP contribution in [0.15, 0.2) is 20.1 Å². The molecule has 0 fully saturated rings. The first-order valence-corrected chi connectivity index (χ1v) is 7.80. The van der Waals surface area contributed by atoms with E-state index >= 15 is 0 Å². The number of carbonyl (C=O) groups is 1. The second-order valence-corrected chi connectivity index (χ2v) is 6.45. The van der Waals surface area contributed by atoms with Crippen molar-refractivity contribution in [3.63, 3.8) is 0 Å². The summed E-state index contributed by atoms with van der Waals surface area (Å²) in [6.07, 6.45) is 1.84. The number of thiophene rings is 1. The third kappa shape index (κ3) is 4.11. The van der Waals surface area contributed by atoms with E-state index in [1.54, 1.807) is 23.1 Å². The van der Waals surface area contributed by atoms with Crippen molar-refractivity contribution in [2.45, 2.75) is 36.1 Å². The smallest absolute Gasteiger partial charge is 0.319 e. The predicted molar refractivity (Wildman–Crippen MR) is 73.2 cm³/mol. The summed E-state index contributed by atoms with van der Waals surface area (Å²) in [5.41, 5.74) is 0. The number of carbonyl (C=O) groups excluding carboxylic acids is 1. The minimum absolute atomic E-state index is 0.0834. The van der Waals surface area contributed by atoms with Crippen LogP contribution in [0.3, 0.4) is 0 Å². The Balaban J connectivity index is 2.64. The second kappa shape index (κ2) is 7.35. The number of hydrogen-bond donors (Lipinski definition) is 0. The van der Waals surface area contributed by atoms with Gasteiger partial charge in [-0.1, -0.05) is 25.1 Å². The zero-order valence-electron chi connectivity index (χ0n) is 9.36. The summed E-state index contributed by atoms with van der Waals surface area (Å²) < 4.78 is 7.28. The lowest BCUT2D eigenvalue weighted by Crippen LogP contribution is -2.19. The van der Waals surface area contributed by atoms with Crippen molar-refractivity contribution in [1.29, 1.82) is 0 Å². The largest absolute Gasteiger partial charge is 0.465 e. The van der Waals surface area contributed by atoms with Gasteiger partial charge < -0.3 is 4.74 Å². The molecule has 1 heterocycles. The van der Waals surface area contributed by atoms with E-state index in [9.17, 15) is 4.79 Å². The first-order chi connectivity index (χ1) is 7.69. The average Bonchev–Trinajstić information content (AvgIpc) is 2.64. The van der Waals surface area contributed by atoms with Crippen LogP contribution >= 0.6 is 39.0 Å². The molecule has 0 spiro atoms. The summed E-state index contributed by atoms with van der Waals surface area (Å²) in [5, 5.41) is 1.93. The monoisotopic (exact) mass is 322 g/mol. The highest BCUT2D eigenvalue weighted by atomic mass is 79.9. The van der Waals surface area contributed by atoms with Crippen molar-refractivity contribution in [2.24, 2.45) is 0 Å². The Labute approximate surface area is 113 Å². The summed E-state index contributed by atoms with van der Waals surface area (Å²) in [7, 11) is 0. The molecular weight excluding hydrogens is 308 g/mol. The molecule has 0 amide bonds. The fourth-order valence-electron chi connectivity index (χ4n) is 1.22. The lowest BCUT2D eigenvalue weighted by Gasteiger charge is -2.13. The van der Waals surface area contributed by atoms with E-state index in [-0.39, 0.29) is 11.2 Å². The van der Waals surface area contributed by atoms with Crippen LogP contribution in [0.2, 0.25) is 0 Å². The maximum Gasteiger partial charge on any atom is 0.319 e. The summed E-state index contributed by atoms with van der Waals surface area (Å²) >= 11 is 6.71. The Kier molecular flexibility index (Phi) is 6.46. The van der Waals surface area contributed by atoms with Crippen molar-refractivity contribution < 1.29 is 9.53 Å². The Morgan fingerprint density at radius 2 is 2.38 bits per heavy atom. The van der Waals surface area contributed by atoms with E-state index in [1.165, 1.54) is 0 Å². The van der Waals surface area contributed by atoms with Crippen LogP contribution in [0.1, 0.15) is 26.7 Å². The molecule has 1 unspecified atom stereocenters. The van der Waals surface area contributed by atoms with Gasteiger partial charge in [-0.25, -0.2) is 0 Å². The number of rotatable bonds is 6. The molecule has 90 valence electrons. The van der Waals surface area contributed by atoms with Gasteiger partial charge in [-0.15, -0.1) is 11.3 Å². The SMILES string of the molecule is CCCC(Sc1sccc1Br)C(=O)OCC. The lowest BCUT2D eigenvalue weighted by molar-refractivity contribution is -0.142. The van der Waals surface area contributed by atoms with Crippen molar-refractivity contribution in [3.8, 4) is 0 Å². The van der Waals surface area contributed by atoms with Crippen molar-refractivity contribution in [3.05, 3.63) is 15.9 Å². The van der Waals surface area contributed by atoms with Crippen molar-refractivity contribution in [2.75, 3.05) is 6.61 Å². The first kappa shape index (κ1) is 14.1. The number of ether oxygens (including phenoxy) is 1. The molecule has 0 aliphatic carbocycles. The molecule has 0 N–H and O–H groups in total. The van der Waals surface area contributed by atoms with Crippen LogP contribution in [-0.2, 0) is 9.53 Å². The summed E-state index contributed by atoms with van der Waals surface area (Å²) in [5.74, 6) is -0.102. The van der Waals surface area contributed by atoms with Crippen LogP contribution in [0, 0.1) is 0 Å². The van der Waals surface area contributed by atoms with E-state index in [0.29, 0.717) is 6.61 Å². The minimum atomic E-state index is -0.102. The molecule has 0 saturated carbocycles. The van der Waals surface area contributed by atoms with Gasteiger partial charge in [-0.2, -0.15) is 0 Å². The van der Waals surface area contributed by atoms with Crippen LogP contribution in [0.5, 0.6) is 0 Å². The molecule has 0 bridgehead atoms. The highest BCUT2D eigenvalue weighted by Crippen LogP contribution is 2.37. The molecule has 1 aromatic rings. The van der Waals surface area contributed by atoms with E-state index in [2.05, 4.69) is 22.9 Å². The third-order valence-electron chi connectivity index (χ3n) is 1.93. The zero-order valence-corrected chi connectivity index (χ0v) is 12.6. The molecule has 0 aliphatic heterocycles. The van der Waals surface area contributed by atoms with Gasteiger partial charge in [0.05, 0.1) is 10.8 Å². The second-order valence-electron chi connectivity index (χ2n) is 3.20. The normalized spacial score (nSPS) is 12.4. The Morgan fingerprint density at radius 1 is 1.62 bits per heavy atom. The van der Waals surface area contributed by atoms with E-state index in [1.807, 2.05) is 18.4 Å². The highest BCUT2D eigenvalue weighted by Gasteiger charge is 2.21. The average molecular weight is 323 g/mol. The maximum absolute atomic E-state index is 11.7. The number of thioether (sulfide) groups is 1. The summed E-state index contributed by atoms with van der Waals surface area (Å²) in [4.78, 5) is 11.7. The lowest BCUT2D eigenvalue weighted by atomic mass is 10.2. The van der Waals surface area contributed by atoms with Gasteiger partial charge in [0.15, 0.2) is 0 Å². The number of esters is 1. The summed E-state index contributed by atoms with van der Waals surface area (Å²) in [6, 6.07) is 2.00. The van der Waals surface area contributed by atoms with Gasteiger partial charge in [0.25, 0.3) is 0 Å². The van der Waals surface area contributed by atoms with Crippen LogP contribution in [0.4, 0.5) is 0 Å². The maximum atomic E-state index is 11.7. The molecule has 16 heavy (non-hydrogen) atoms. The Hall–Kier alpha value is -0.000000000000000111. The molecule has 5 heteroatoms. The topological polar surface area (TPSA) is 26.3 Å². The highest BCUT2D eigenvalue weighted by molar-refractivity contribution is 9.10. The number of hydrogen-bond acceptors (Lipinski definition) is 4. The molecule has 1 rings (SSSR count). The molecule has 0 aliphatic rings. The molecular formula is C11H15BrO2S2. The number of halogens is 1.